The molecule has 0 aliphatic heterocycles. The van der Waals surface area contributed by atoms with Gasteiger partial charge in [0.1, 0.15) is 0 Å². The van der Waals surface area contributed by atoms with Gasteiger partial charge in [-0.25, -0.2) is 4.98 Å². The van der Waals surface area contributed by atoms with Gasteiger partial charge < -0.3 is 15.5 Å². The number of nitrogens with one attached hydrogen (secondary N) is 2. The summed E-state index contributed by atoms with van der Waals surface area (Å²) in [5.74, 6) is 0.861. The van der Waals surface area contributed by atoms with Gasteiger partial charge in [-0.15, -0.1) is 11.3 Å². The van der Waals surface area contributed by atoms with Crippen molar-refractivity contribution in [3.05, 3.63) is 45.9 Å². The third-order valence-electron chi connectivity index (χ3n) is 4.34. The van der Waals surface area contributed by atoms with Crippen molar-refractivity contribution in [1.82, 2.24) is 15.2 Å². The van der Waals surface area contributed by atoms with Gasteiger partial charge in [0, 0.05) is 37.6 Å². The fourth-order valence-corrected chi connectivity index (χ4v) is 3.18. The van der Waals surface area contributed by atoms with Gasteiger partial charge in [0.25, 0.3) is 0 Å². The lowest BCUT2D eigenvalue weighted by Crippen LogP contribution is -2.38. The molecule has 0 saturated heterocycles. The number of aliphatic imine (C=N–C) groups is 1. The predicted molar refractivity (Wildman–Crippen MR) is 113 cm³/mol. The number of carbonyl (C=O) groups excluding carboxylic acids is 1. The summed E-state index contributed by atoms with van der Waals surface area (Å²) in [7, 11) is 3.76. The zero-order valence-electron chi connectivity index (χ0n) is 16.7. The second kappa shape index (κ2) is 10.1. The average molecular weight is 388 g/mol. The number of carbonyl (C=O) groups is 1. The highest BCUT2D eigenvalue weighted by Crippen LogP contribution is 2.14. The summed E-state index contributed by atoms with van der Waals surface area (Å²) in [5, 5.41) is 9.48. The Morgan fingerprint density at radius 2 is 2.19 bits per heavy atom. The standard InChI is InChI=1S/C20H29N5OS/c1-6-14(2)19(26)24-17-9-7-8-16(10-17)11-22-20(21-4)25(5)12-18-13-27-15(3)23-18/h7-10,13-14H,6,11-12H2,1-5H3,(H,21,22)(H,24,26). The molecule has 2 rings (SSSR count). The maximum atomic E-state index is 12.1. The van der Waals surface area contributed by atoms with E-state index in [2.05, 4.69) is 26.0 Å². The number of amides is 1. The first-order valence-electron chi connectivity index (χ1n) is 9.15. The van der Waals surface area contributed by atoms with Crippen LogP contribution >= 0.6 is 11.3 Å². The first kappa shape index (κ1) is 20.9. The number of hydrogen-bond acceptors (Lipinski definition) is 4. The molecule has 27 heavy (non-hydrogen) atoms. The Balaban J connectivity index is 1.94. The molecule has 6 nitrogen and oxygen atoms in total. The summed E-state index contributed by atoms with van der Waals surface area (Å²) >= 11 is 1.65. The van der Waals surface area contributed by atoms with Crippen LogP contribution in [0.25, 0.3) is 0 Å². The number of nitrogens with zero attached hydrogens (tertiary/aromatic N) is 3. The van der Waals surface area contributed by atoms with E-state index in [-0.39, 0.29) is 11.8 Å². The van der Waals surface area contributed by atoms with Crippen molar-refractivity contribution in [2.75, 3.05) is 19.4 Å². The first-order chi connectivity index (χ1) is 12.9. The van der Waals surface area contributed by atoms with Gasteiger partial charge in [0.05, 0.1) is 17.2 Å². The van der Waals surface area contributed by atoms with Crippen LogP contribution in [-0.2, 0) is 17.9 Å². The first-order valence-corrected chi connectivity index (χ1v) is 10.0. The van der Waals surface area contributed by atoms with E-state index in [4.69, 9.17) is 0 Å². The molecule has 1 aromatic carbocycles. The third kappa shape index (κ3) is 6.36. The highest BCUT2D eigenvalue weighted by molar-refractivity contribution is 7.09. The topological polar surface area (TPSA) is 69.6 Å². The van der Waals surface area contributed by atoms with Gasteiger partial charge in [-0.05, 0) is 31.0 Å². The maximum absolute atomic E-state index is 12.1. The molecule has 146 valence electrons. The Bertz CT molecular complexity index is 786. The Morgan fingerprint density at radius 1 is 1.41 bits per heavy atom. The summed E-state index contributed by atoms with van der Waals surface area (Å²) < 4.78 is 0. The van der Waals surface area contributed by atoms with Crippen LogP contribution in [0.15, 0.2) is 34.6 Å². The molecule has 0 fully saturated rings. The highest BCUT2D eigenvalue weighted by atomic mass is 32.1. The average Bonchev–Trinajstić information content (AvgIpc) is 3.06. The molecular formula is C20H29N5OS. The zero-order chi connectivity index (χ0) is 19.8. The molecule has 7 heteroatoms. The van der Waals surface area contributed by atoms with Crippen molar-refractivity contribution in [3.8, 4) is 0 Å². The van der Waals surface area contributed by atoms with Gasteiger partial charge >= 0.3 is 0 Å². The van der Waals surface area contributed by atoms with E-state index in [0.29, 0.717) is 13.1 Å². The van der Waals surface area contributed by atoms with Crippen LogP contribution in [0.4, 0.5) is 5.69 Å². The van der Waals surface area contributed by atoms with Crippen LogP contribution < -0.4 is 10.6 Å². The molecular weight excluding hydrogens is 358 g/mol. The van der Waals surface area contributed by atoms with Crippen LogP contribution in [0, 0.1) is 12.8 Å². The van der Waals surface area contributed by atoms with Crippen LogP contribution in [0.3, 0.4) is 0 Å². The maximum Gasteiger partial charge on any atom is 0.227 e. The second-order valence-electron chi connectivity index (χ2n) is 6.61. The molecule has 0 aliphatic carbocycles. The zero-order valence-corrected chi connectivity index (χ0v) is 17.6. The highest BCUT2D eigenvalue weighted by Gasteiger charge is 2.11. The van der Waals surface area contributed by atoms with E-state index in [9.17, 15) is 4.79 Å². The Kier molecular flexibility index (Phi) is 7.79. The smallest absolute Gasteiger partial charge is 0.227 e. The number of hydrogen-bond donors (Lipinski definition) is 2. The number of thiazole rings is 1. The summed E-state index contributed by atoms with van der Waals surface area (Å²) in [6.07, 6.45) is 0.828. The normalized spacial score (nSPS) is 12.6. The van der Waals surface area contributed by atoms with Crippen LogP contribution in [0.1, 0.15) is 36.5 Å². The van der Waals surface area contributed by atoms with Crippen LogP contribution in [-0.4, -0.2) is 35.8 Å². The molecule has 0 bridgehead atoms. The van der Waals surface area contributed by atoms with E-state index in [0.717, 1.165) is 34.3 Å². The molecule has 1 unspecified atom stereocenters. The fraction of sp³-hybridized carbons (Fsp3) is 0.450. The SMILES string of the molecule is CCC(C)C(=O)Nc1cccc(CNC(=NC)N(C)Cc2csc(C)n2)c1. The van der Waals surface area contributed by atoms with Crippen LogP contribution in [0.5, 0.6) is 0 Å². The number of aromatic nitrogens is 1. The van der Waals surface area contributed by atoms with Crippen molar-refractivity contribution in [2.45, 2.75) is 40.3 Å². The molecule has 1 aromatic heterocycles. The van der Waals surface area contributed by atoms with Gasteiger partial charge in [-0.3, -0.25) is 9.79 Å². The number of aryl methyl sites for hydroxylation is 1. The van der Waals surface area contributed by atoms with Crippen molar-refractivity contribution < 1.29 is 4.79 Å². The van der Waals surface area contributed by atoms with E-state index in [1.54, 1.807) is 18.4 Å². The minimum atomic E-state index is 0.00797. The Hall–Kier alpha value is -2.41. The van der Waals surface area contributed by atoms with Crippen molar-refractivity contribution >= 4 is 28.9 Å². The molecule has 2 N–H and O–H groups in total. The van der Waals surface area contributed by atoms with Gasteiger partial charge in [-0.1, -0.05) is 26.0 Å². The summed E-state index contributed by atoms with van der Waals surface area (Å²) in [6, 6.07) is 7.89. The van der Waals surface area contributed by atoms with Crippen molar-refractivity contribution in [3.63, 3.8) is 0 Å². The number of guanidine groups is 1. The van der Waals surface area contributed by atoms with E-state index in [1.807, 2.05) is 57.0 Å². The Morgan fingerprint density at radius 3 is 2.81 bits per heavy atom. The monoisotopic (exact) mass is 387 g/mol. The molecule has 0 aliphatic rings. The van der Waals surface area contributed by atoms with Gasteiger partial charge in [0.2, 0.25) is 5.91 Å². The number of anilines is 1. The van der Waals surface area contributed by atoms with Crippen LogP contribution in [0.2, 0.25) is 0 Å². The van der Waals surface area contributed by atoms with Crippen molar-refractivity contribution in [2.24, 2.45) is 10.9 Å². The largest absolute Gasteiger partial charge is 0.352 e. The molecule has 0 radical (unpaired) electrons. The fourth-order valence-electron chi connectivity index (χ4n) is 2.57. The Labute approximate surface area is 165 Å². The van der Waals surface area contributed by atoms with Crippen molar-refractivity contribution in [1.29, 1.82) is 0 Å². The number of benzene rings is 1. The lowest BCUT2D eigenvalue weighted by atomic mass is 10.1. The number of rotatable bonds is 7. The van der Waals surface area contributed by atoms with E-state index in [1.165, 1.54) is 0 Å². The minimum Gasteiger partial charge on any atom is -0.352 e. The molecule has 1 atom stereocenters. The summed E-state index contributed by atoms with van der Waals surface area (Å²) in [6.45, 7) is 7.29. The summed E-state index contributed by atoms with van der Waals surface area (Å²) in [4.78, 5) is 23.0. The van der Waals surface area contributed by atoms with Gasteiger partial charge in [-0.2, -0.15) is 0 Å². The van der Waals surface area contributed by atoms with Gasteiger partial charge in [0.15, 0.2) is 5.96 Å². The third-order valence-corrected chi connectivity index (χ3v) is 5.17. The summed E-state index contributed by atoms with van der Waals surface area (Å²) in [5.41, 5.74) is 2.94. The van der Waals surface area contributed by atoms with E-state index < -0.39 is 0 Å². The molecule has 2 aromatic rings. The minimum absolute atomic E-state index is 0.00797. The molecule has 0 spiro atoms. The lowest BCUT2D eigenvalue weighted by Gasteiger charge is -2.21. The van der Waals surface area contributed by atoms with E-state index >= 15 is 0 Å². The lowest BCUT2D eigenvalue weighted by molar-refractivity contribution is -0.119. The molecule has 1 amide bonds. The second-order valence-corrected chi connectivity index (χ2v) is 7.68. The molecule has 1 heterocycles. The molecule has 0 saturated carbocycles. The predicted octanol–water partition coefficient (Wildman–Crippen LogP) is 3.64. The quantitative estimate of drug-likeness (QED) is 0.562.